The van der Waals surface area contributed by atoms with Crippen LogP contribution in [-0.4, -0.2) is 23.7 Å². The molecule has 1 aliphatic rings. The zero-order chi connectivity index (χ0) is 11.5. The van der Waals surface area contributed by atoms with Crippen LogP contribution in [0.4, 0.5) is 0 Å². The Bertz CT molecular complexity index is 173. The van der Waals surface area contributed by atoms with Crippen molar-refractivity contribution in [1.29, 1.82) is 0 Å². The van der Waals surface area contributed by atoms with Crippen LogP contribution in [0.15, 0.2) is 0 Å². The first kappa shape index (κ1) is 13.0. The number of hydrogen-bond acceptors (Lipinski definition) is 2. The third kappa shape index (κ3) is 5.53. The molecule has 15 heavy (non-hydrogen) atoms. The van der Waals surface area contributed by atoms with Gasteiger partial charge in [0.25, 0.3) is 0 Å². The van der Waals surface area contributed by atoms with Crippen molar-refractivity contribution < 1.29 is 0 Å². The molecule has 0 unspecified atom stereocenters. The maximum Gasteiger partial charge on any atom is 0.00990 e. The number of nitrogens with one attached hydrogen (secondary N) is 2. The van der Waals surface area contributed by atoms with Gasteiger partial charge in [-0.25, -0.2) is 0 Å². The third-order valence-corrected chi connectivity index (χ3v) is 2.93. The summed E-state index contributed by atoms with van der Waals surface area (Å²) in [4.78, 5) is 0. The molecule has 0 atom stereocenters. The van der Waals surface area contributed by atoms with Crippen molar-refractivity contribution in [2.24, 2.45) is 0 Å². The lowest BCUT2D eigenvalue weighted by Gasteiger charge is -2.35. The average Bonchev–Trinajstić information content (AvgIpc) is 2.05. The van der Waals surface area contributed by atoms with Crippen LogP contribution in [0.1, 0.15) is 60.3 Å². The van der Waals surface area contributed by atoms with Gasteiger partial charge >= 0.3 is 0 Å². The first-order valence-corrected chi connectivity index (χ1v) is 6.40. The highest BCUT2D eigenvalue weighted by Crippen LogP contribution is 2.20. The predicted octanol–water partition coefficient (Wildman–Crippen LogP) is 2.68. The molecule has 0 bridgehead atoms. The van der Waals surface area contributed by atoms with Crippen molar-refractivity contribution in [2.75, 3.05) is 0 Å². The van der Waals surface area contributed by atoms with Crippen LogP contribution in [0.3, 0.4) is 0 Å². The molecule has 2 N–H and O–H groups in total. The van der Waals surface area contributed by atoms with Crippen LogP contribution >= 0.6 is 0 Å². The summed E-state index contributed by atoms with van der Waals surface area (Å²) in [5, 5.41) is 7.34. The summed E-state index contributed by atoms with van der Waals surface area (Å²) >= 11 is 0. The van der Waals surface area contributed by atoms with E-state index in [-0.39, 0.29) is 5.54 Å². The van der Waals surface area contributed by atoms with E-state index in [1.807, 2.05) is 0 Å². The lowest BCUT2D eigenvalue weighted by Crippen LogP contribution is -2.48. The van der Waals surface area contributed by atoms with E-state index in [0.717, 1.165) is 12.1 Å². The van der Waals surface area contributed by atoms with Crippen molar-refractivity contribution >= 4 is 0 Å². The van der Waals surface area contributed by atoms with Gasteiger partial charge in [0.05, 0.1) is 0 Å². The molecule has 0 aromatic heterocycles. The molecule has 2 heteroatoms. The van der Waals surface area contributed by atoms with Crippen molar-refractivity contribution in [1.82, 2.24) is 10.6 Å². The van der Waals surface area contributed by atoms with E-state index in [0.29, 0.717) is 6.04 Å². The fraction of sp³-hybridized carbons (Fsp3) is 1.00. The minimum absolute atomic E-state index is 0.267. The largest absolute Gasteiger partial charge is 0.312 e. The van der Waals surface area contributed by atoms with Gasteiger partial charge in [0.2, 0.25) is 0 Å². The molecule has 1 rings (SSSR count). The molecule has 0 heterocycles. The Labute approximate surface area is 95.2 Å². The molecule has 1 aliphatic carbocycles. The summed E-state index contributed by atoms with van der Waals surface area (Å²) in [6.07, 6.45) is 5.29. The summed E-state index contributed by atoms with van der Waals surface area (Å²) in [6.45, 7) is 11.2. The summed E-state index contributed by atoms with van der Waals surface area (Å²) in [6, 6.07) is 2.11. The van der Waals surface area contributed by atoms with Crippen molar-refractivity contribution in [3.63, 3.8) is 0 Å². The van der Waals surface area contributed by atoms with E-state index in [2.05, 4.69) is 45.3 Å². The minimum Gasteiger partial charge on any atom is -0.312 e. The molecular weight excluding hydrogens is 184 g/mol. The van der Waals surface area contributed by atoms with Gasteiger partial charge in [-0.2, -0.15) is 0 Å². The minimum atomic E-state index is 0.267. The van der Waals surface area contributed by atoms with Gasteiger partial charge in [0.1, 0.15) is 0 Å². The second kappa shape index (κ2) is 5.31. The molecule has 0 amide bonds. The van der Waals surface area contributed by atoms with Crippen LogP contribution < -0.4 is 10.6 Å². The smallest absolute Gasteiger partial charge is 0.00990 e. The van der Waals surface area contributed by atoms with Crippen LogP contribution in [0.2, 0.25) is 0 Å². The maximum atomic E-state index is 3.70. The molecule has 0 saturated heterocycles. The Kier molecular flexibility index (Phi) is 4.60. The van der Waals surface area contributed by atoms with Gasteiger partial charge in [0, 0.05) is 23.7 Å². The third-order valence-electron chi connectivity index (χ3n) is 2.93. The summed E-state index contributed by atoms with van der Waals surface area (Å²) < 4.78 is 0. The normalized spacial score (nSPS) is 28.4. The van der Waals surface area contributed by atoms with Crippen LogP contribution in [0, 0.1) is 0 Å². The molecule has 0 aliphatic heterocycles. The van der Waals surface area contributed by atoms with E-state index >= 15 is 0 Å². The molecular formula is C13H28N2. The predicted molar refractivity (Wildman–Crippen MR) is 67.2 cm³/mol. The fourth-order valence-corrected chi connectivity index (χ4v) is 2.49. The van der Waals surface area contributed by atoms with Gasteiger partial charge in [-0.05, 0) is 46.5 Å². The number of hydrogen-bond donors (Lipinski definition) is 2. The quantitative estimate of drug-likeness (QED) is 0.751. The first-order chi connectivity index (χ1) is 6.87. The van der Waals surface area contributed by atoms with Crippen molar-refractivity contribution in [3.05, 3.63) is 0 Å². The lowest BCUT2D eigenvalue weighted by atomic mass is 9.89. The summed E-state index contributed by atoms with van der Waals surface area (Å²) in [7, 11) is 0. The highest BCUT2D eigenvalue weighted by atomic mass is 15.0. The summed E-state index contributed by atoms with van der Waals surface area (Å²) in [5.74, 6) is 0. The highest BCUT2D eigenvalue weighted by Gasteiger charge is 2.24. The molecule has 0 radical (unpaired) electrons. The van der Waals surface area contributed by atoms with E-state index in [1.54, 1.807) is 0 Å². The van der Waals surface area contributed by atoms with Crippen LogP contribution in [-0.2, 0) is 0 Å². The second-order valence-electron chi connectivity index (χ2n) is 6.26. The molecule has 0 aromatic carbocycles. The van der Waals surface area contributed by atoms with E-state index in [4.69, 9.17) is 0 Å². The highest BCUT2D eigenvalue weighted by molar-refractivity contribution is 4.85. The topological polar surface area (TPSA) is 24.1 Å². The Hall–Kier alpha value is -0.0800. The zero-order valence-electron chi connectivity index (χ0n) is 11.1. The zero-order valence-corrected chi connectivity index (χ0v) is 11.1. The van der Waals surface area contributed by atoms with Crippen LogP contribution in [0.25, 0.3) is 0 Å². The molecule has 0 spiro atoms. The molecule has 0 aromatic rings. The Morgan fingerprint density at radius 3 is 1.80 bits per heavy atom. The fourth-order valence-electron chi connectivity index (χ4n) is 2.49. The van der Waals surface area contributed by atoms with E-state index < -0.39 is 0 Å². The maximum absolute atomic E-state index is 3.70. The standard InChI is InChI=1S/C13H28N2/c1-10(2)14-11-6-8-12(9-7-11)15-13(3,4)5/h10-12,14-15H,6-9H2,1-5H3. The van der Waals surface area contributed by atoms with Crippen molar-refractivity contribution in [3.8, 4) is 0 Å². The van der Waals surface area contributed by atoms with Gasteiger partial charge < -0.3 is 10.6 Å². The summed E-state index contributed by atoms with van der Waals surface area (Å²) in [5.41, 5.74) is 0.267. The Morgan fingerprint density at radius 2 is 1.40 bits per heavy atom. The van der Waals surface area contributed by atoms with E-state index in [9.17, 15) is 0 Å². The van der Waals surface area contributed by atoms with Gasteiger partial charge in [-0.1, -0.05) is 13.8 Å². The SMILES string of the molecule is CC(C)NC1CCC(NC(C)(C)C)CC1. The van der Waals surface area contributed by atoms with Gasteiger partial charge in [-0.3, -0.25) is 0 Å². The van der Waals surface area contributed by atoms with Gasteiger partial charge in [0.15, 0.2) is 0 Å². The molecule has 1 saturated carbocycles. The Morgan fingerprint density at radius 1 is 0.933 bits per heavy atom. The van der Waals surface area contributed by atoms with Crippen LogP contribution in [0.5, 0.6) is 0 Å². The Balaban J connectivity index is 2.24. The monoisotopic (exact) mass is 212 g/mol. The average molecular weight is 212 g/mol. The van der Waals surface area contributed by atoms with E-state index in [1.165, 1.54) is 25.7 Å². The molecule has 90 valence electrons. The van der Waals surface area contributed by atoms with Gasteiger partial charge in [-0.15, -0.1) is 0 Å². The first-order valence-electron chi connectivity index (χ1n) is 6.40. The second-order valence-corrected chi connectivity index (χ2v) is 6.26. The number of rotatable bonds is 3. The lowest BCUT2D eigenvalue weighted by molar-refractivity contribution is 0.255. The van der Waals surface area contributed by atoms with Crippen molar-refractivity contribution in [2.45, 2.75) is 84.0 Å². The molecule has 2 nitrogen and oxygen atoms in total. The molecule has 1 fully saturated rings.